The summed E-state index contributed by atoms with van der Waals surface area (Å²) in [7, 11) is 0. The highest BCUT2D eigenvalue weighted by atomic mass is 16.5. The van der Waals surface area contributed by atoms with Crippen molar-refractivity contribution in [3.8, 4) is 11.4 Å². The Labute approximate surface area is 163 Å². The Morgan fingerprint density at radius 3 is 2.43 bits per heavy atom. The number of hydrogen-bond acceptors (Lipinski definition) is 3. The molecule has 4 rings (SSSR count). The van der Waals surface area contributed by atoms with E-state index in [1.807, 2.05) is 81.4 Å². The monoisotopic (exact) mass is 373 g/mol. The van der Waals surface area contributed by atoms with Crippen molar-refractivity contribution in [2.75, 3.05) is 0 Å². The summed E-state index contributed by atoms with van der Waals surface area (Å²) in [5.74, 6) is 0.761. The molecule has 0 fully saturated rings. The highest BCUT2D eigenvalue weighted by Crippen LogP contribution is 2.22. The van der Waals surface area contributed by atoms with Crippen molar-refractivity contribution in [2.24, 2.45) is 0 Å². The van der Waals surface area contributed by atoms with Crippen LogP contribution in [0.3, 0.4) is 0 Å². The van der Waals surface area contributed by atoms with E-state index in [9.17, 15) is 4.79 Å². The van der Waals surface area contributed by atoms with Crippen LogP contribution in [0.5, 0.6) is 5.75 Å². The van der Waals surface area contributed by atoms with Crippen LogP contribution in [-0.4, -0.2) is 14.1 Å². The van der Waals surface area contributed by atoms with Crippen LogP contribution in [0, 0.1) is 6.92 Å². The summed E-state index contributed by atoms with van der Waals surface area (Å²) in [5.41, 5.74) is 4.36. The molecule has 5 heteroatoms. The van der Waals surface area contributed by atoms with E-state index >= 15 is 0 Å². The molecule has 0 N–H and O–H groups in total. The normalized spacial score (nSPS) is 11.3. The largest absolute Gasteiger partial charge is 0.489 e. The molecule has 2 heterocycles. The predicted molar refractivity (Wildman–Crippen MR) is 111 cm³/mol. The summed E-state index contributed by atoms with van der Waals surface area (Å²) in [5, 5.41) is 0. The van der Waals surface area contributed by atoms with Crippen molar-refractivity contribution < 1.29 is 4.74 Å². The Hall–Kier alpha value is -3.34. The molecule has 0 radical (unpaired) electrons. The zero-order valence-corrected chi connectivity index (χ0v) is 16.3. The third kappa shape index (κ3) is 3.31. The molecule has 0 aliphatic carbocycles. The van der Waals surface area contributed by atoms with Crippen LogP contribution in [0.4, 0.5) is 0 Å². The predicted octanol–water partition coefficient (Wildman–Crippen LogP) is 4.66. The molecular weight excluding hydrogens is 350 g/mol. The van der Waals surface area contributed by atoms with Gasteiger partial charge in [0.15, 0.2) is 5.65 Å². The number of ether oxygens (including phenoxy) is 1. The molecule has 0 aliphatic heterocycles. The van der Waals surface area contributed by atoms with E-state index < -0.39 is 0 Å². The zero-order chi connectivity index (χ0) is 19.7. The van der Waals surface area contributed by atoms with Crippen molar-refractivity contribution in [2.45, 2.75) is 33.4 Å². The first kappa shape index (κ1) is 18.0. The molecule has 0 unspecified atom stereocenters. The Bertz CT molecular complexity index is 1160. The fraction of sp³-hybridized carbons (Fsp3) is 0.217. The van der Waals surface area contributed by atoms with E-state index in [1.54, 1.807) is 15.3 Å². The van der Waals surface area contributed by atoms with Crippen LogP contribution >= 0.6 is 0 Å². The summed E-state index contributed by atoms with van der Waals surface area (Å²) >= 11 is 0. The molecule has 0 saturated carbocycles. The minimum Gasteiger partial charge on any atom is -0.489 e. The standard InChI is InChI=1S/C23H23N3O2/c1-16(2)25-21-13-17(3)14-24-22(21)26(23(25)27)19-9-11-20(12-10-19)28-15-18-7-5-4-6-8-18/h4-14,16H,15H2,1-3H3. The van der Waals surface area contributed by atoms with Crippen LogP contribution in [0.25, 0.3) is 16.9 Å². The molecule has 142 valence electrons. The first-order chi connectivity index (χ1) is 13.5. The molecule has 5 nitrogen and oxygen atoms in total. The molecule has 0 aliphatic rings. The molecule has 0 saturated heterocycles. The first-order valence-corrected chi connectivity index (χ1v) is 9.41. The first-order valence-electron chi connectivity index (χ1n) is 9.41. The second-order valence-electron chi connectivity index (χ2n) is 7.21. The van der Waals surface area contributed by atoms with Gasteiger partial charge in [-0.05, 0) is 62.2 Å². The van der Waals surface area contributed by atoms with Crippen molar-refractivity contribution in [1.29, 1.82) is 0 Å². The Kier molecular flexibility index (Phi) is 4.74. The van der Waals surface area contributed by atoms with Gasteiger partial charge in [0.05, 0.1) is 11.2 Å². The number of rotatable bonds is 5. The van der Waals surface area contributed by atoms with Gasteiger partial charge in [-0.1, -0.05) is 30.3 Å². The van der Waals surface area contributed by atoms with Crippen LogP contribution in [0.2, 0.25) is 0 Å². The number of hydrogen-bond donors (Lipinski definition) is 0. The lowest BCUT2D eigenvalue weighted by Gasteiger charge is -2.08. The third-order valence-electron chi connectivity index (χ3n) is 4.71. The lowest BCUT2D eigenvalue weighted by atomic mass is 10.2. The third-order valence-corrected chi connectivity index (χ3v) is 4.71. The topological polar surface area (TPSA) is 49.0 Å². The molecule has 2 aromatic heterocycles. The summed E-state index contributed by atoms with van der Waals surface area (Å²) in [6, 6.07) is 19.7. The fourth-order valence-corrected chi connectivity index (χ4v) is 3.36. The highest BCUT2D eigenvalue weighted by molar-refractivity contribution is 5.74. The molecule has 2 aromatic carbocycles. The van der Waals surface area contributed by atoms with Crippen LogP contribution < -0.4 is 10.4 Å². The van der Waals surface area contributed by atoms with Gasteiger partial charge in [0.2, 0.25) is 0 Å². The van der Waals surface area contributed by atoms with E-state index in [0.29, 0.717) is 12.3 Å². The van der Waals surface area contributed by atoms with E-state index in [-0.39, 0.29) is 11.7 Å². The van der Waals surface area contributed by atoms with Gasteiger partial charge in [-0.15, -0.1) is 0 Å². The minimum absolute atomic E-state index is 0.0494. The van der Waals surface area contributed by atoms with Crippen LogP contribution in [0.15, 0.2) is 71.7 Å². The quantitative estimate of drug-likeness (QED) is 0.511. The van der Waals surface area contributed by atoms with Gasteiger partial charge < -0.3 is 4.74 Å². The maximum Gasteiger partial charge on any atom is 0.335 e. The summed E-state index contributed by atoms with van der Waals surface area (Å²) in [6.07, 6.45) is 1.79. The van der Waals surface area contributed by atoms with Crippen molar-refractivity contribution in [3.63, 3.8) is 0 Å². The van der Waals surface area contributed by atoms with Gasteiger partial charge in [0.1, 0.15) is 12.4 Å². The Balaban J connectivity index is 1.69. The van der Waals surface area contributed by atoms with E-state index in [1.165, 1.54) is 0 Å². The van der Waals surface area contributed by atoms with Gasteiger partial charge in [0.25, 0.3) is 0 Å². The lowest BCUT2D eigenvalue weighted by Crippen LogP contribution is -2.24. The van der Waals surface area contributed by atoms with Gasteiger partial charge in [-0.3, -0.25) is 4.57 Å². The Morgan fingerprint density at radius 1 is 1.04 bits per heavy atom. The zero-order valence-electron chi connectivity index (χ0n) is 16.3. The number of fused-ring (bicyclic) bond motifs is 1. The summed E-state index contributed by atoms with van der Waals surface area (Å²) in [6.45, 7) is 6.51. The number of benzene rings is 2. The molecule has 0 spiro atoms. The Morgan fingerprint density at radius 2 is 1.75 bits per heavy atom. The molecule has 0 bridgehead atoms. The smallest absolute Gasteiger partial charge is 0.335 e. The summed E-state index contributed by atoms with van der Waals surface area (Å²) < 4.78 is 9.30. The second-order valence-corrected chi connectivity index (χ2v) is 7.21. The number of aryl methyl sites for hydroxylation is 1. The SMILES string of the molecule is Cc1cnc2c(c1)n(C(C)C)c(=O)n2-c1ccc(OCc2ccccc2)cc1. The fourth-order valence-electron chi connectivity index (χ4n) is 3.36. The van der Waals surface area contributed by atoms with Gasteiger partial charge in [-0.2, -0.15) is 0 Å². The van der Waals surface area contributed by atoms with E-state index in [2.05, 4.69) is 4.98 Å². The lowest BCUT2D eigenvalue weighted by molar-refractivity contribution is 0.306. The average molecular weight is 373 g/mol. The molecule has 0 atom stereocenters. The highest BCUT2D eigenvalue weighted by Gasteiger charge is 2.17. The van der Waals surface area contributed by atoms with E-state index in [0.717, 1.165) is 28.1 Å². The molecular formula is C23H23N3O2. The van der Waals surface area contributed by atoms with E-state index in [4.69, 9.17) is 4.74 Å². The number of pyridine rings is 1. The second kappa shape index (κ2) is 7.35. The van der Waals surface area contributed by atoms with Gasteiger partial charge >= 0.3 is 5.69 Å². The minimum atomic E-state index is -0.0824. The van der Waals surface area contributed by atoms with Gasteiger partial charge in [-0.25, -0.2) is 14.3 Å². The maximum absolute atomic E-state index is 13.1. The molecule has 4 aromatic rings. The summed E-state index contributed by atoms with van der Waals surface area (Å²) in [4.78, 5) is 17.6. The van der Waals surface area contributed by atoms with Crippen molar-refractivity contribution in [1.82, 2.24) is 14.1 Å². The number of nitrogens with zero attached hydrogens (tertiary/aromatic N) is 3. The van der Waals surface area contributed by atoms with Crippen LogP contribution in [-0.2, 0) is 6.61 Å². The molecule has 28 heavy (non-hydrogen) atoms. The maximum atomic E-state index is 13.1. The average Bonchev–Trinajstić information content (AvgIpc) is 2.98. The van der Waals surface area contributed by atoms with Gasteiger partial charge in [0, 0.05) is 12.2 Å². The number of imidazole rings is 1. The van der Waals surface area contributed by atoms with Crippen LogP contribution in [0.1, 0.15) is 31.0 Å². The van der Waals surface area contributed by atoms with Crippen molar-refractivity contribution >= 4 is 11.2 Å². The van der Waals surface area contributed by atoms with Crippen molar-refractivity contribution in [3.05, 3.63) is 88.5 Å². The number of aromatic nitrogens is 3. The molecule has 0 amide bonds.